The standard InChI is InChI=1S/C29H29N5OS4/c1-33(17-21-7-5-11-30-14-21)28(36)38-19-25(20-39-29(37)34(2)18-22-8-6-12-31-15-22)27(35)24-13-23-9-3-4-10-26(23)32-16-24/h3-16,25H,17-20H2,1-2H3. The van der Waals surface area contributed by atoms with Crippen LogP contribution in [0.4, 0.5) is 0 Å². The van der Waals surface area contributed by atoms with Gasteiger partial charge in [-0.3, -0.25) is 19.7 Å². The minimum Gasteiger partial charge on any atom is -0.356 e. The molecule has 0 N–H and O–H groups in total. The van der Waals surface area contributed by atoms with Crippen LogP contribution in [0, 0.1) is 5.92 Å². The van der Waals surface area contributed by atoms with Crippen molar-refractivity contribution in [1.29, 1.82) is 0 Å². The lowest BCUT2D eigenvalue weighted by Gasteiger charge is -2.23. The summed E-state index contributed by atoms with van der Waals surface area (Å²) in [5.74, 6) is 0.842. The van der Waals surface area contributed by atoms with E-state index in [4.69, 9.17) is 24.4 Å². The van der Waals surface area contributed by atoms with Gasteiger partial charge in [0, 0.05) is 86.5 Å². The molecule has 0 saturated carbocycles. The van der Waals surface area contributed by atoms with Gasteiger partial charge in [-0.05, 0) is 35.4 Å². The molecule has 0 aliphatic heterocycles. The maximum atomic E-state index is 13.7. The molecule has 200 valence electrons. The highest BCUT2D eigenvalue weighted by atomic mass is 32.2. The predicted molar refractivity (Wildman–Crippen MR) is 171 cm³/mol. The van der Waals surface area contributed by atoms with Gasteiger partial charge in [0.1, 0.15) is 8.64 Å². The number of carbonyl (C=O) groups is 1. The molecule has 0 fully saturated rings. The summed E-state index contributed by atoms with van der Waals surface area (Å²) in [6, 6.07) is 17.6. The average Bonchev–Trinajstić information content (AvgIpc) is 2.97. The molecule has 4 aromatic rings. The van der Waals surface area contributed by atoms with Crippen LogP contribution in [0.2, 0.25) is 0 Å². The molecule has 1 aromatic carbocycles. The molecule has 3 aromatic heterocycles. The lowest BCUT2D eigenvalue weighted by atomic mass is 10.0. The van der Waals surface area contributed by atoms with Crippen molar-refractivity contribution in [3.05, 3.63) is 102 Å². The molecule has 39 heavy (non-hydrogen) atoms. The van der Waals surface area contributed by atoms with Gasteiger partial charge in [0.2, 0.25) is 0 Å². The first-order valence-corrected chi connectivity index (χ1v) is 15.1. The monoisotopic (exact) mass is 591 g/mol. The molecule has 0 amide bonds. The molecule has 0 saturated heterocycles. The molecule has 0 aliphatic carbocycles. The summed E-state index contributed by atoms with van der Waals surface area (Å²) >= 11 is 14.5. The van der Waals surface area contributed by atoms with Crippen LogP contribution in [0.5, 0.6) is 0 Å². The molecule has 0 aliphatic rings. The summed E-state index contributed by atoms with van der Waals surface area (Å²) in [6.45, 7) is 1.32. The molecular formula is C29H29N5OS4. The first-order valence-electron chi connectivity index (χ1n) is 12.3. The summed E-state index contributed by atoms with van der Waals surface area (Å²) in [5, 5.41) is 0.945. The number of Topliss-reactive ketones (excluding diaryl/α,β-unsaturated/α-hetero) is 1. The number of rotatable bonds is 10. The van der Waals surface area contributed by atoms with E-state index in [1.807, 2.05) is 90.9 Å². The Balaban J connectivity index is 1.43. The lowest BCUT2D eigenvalue weighted by molar-refractivity contribution is 0.0944. The van der Waals surface area contributed by atoms with E-state index in [-0.39, 0.29) is 11.7 Å². The normalized spacial score (nSPS) is 10.9. The number of pyridine rings is 3. The second kappa shape index (κ2) is 14.5. The largest absolute Gasteiger partial charge is 0.356 e. The van der Waals surface area contributed by atoms with E-state index in [2.05, 4.69) is 15.0 Å². The van der Waals surface area contributed by atoms with E-state index >= 15 is 0 Å². The van der Waals surface area contributed by atoms with Crippen molar-refractivity contribution in [2.75, 3.05) is 25.6 Å². The number of ketones is 1. The van der Waals surface area contributed by atoms with Crippen molar-refractivity contribution in [3.63, 3.8) is 0 Å². The number of hydrogen-bond acceptors (Lipinski definition) is 8. The Hall–Kier alpha value is -2.92. The van der Waals surface area contributed by atoms with Crippen LogP contribution in [-0.2, 0) is 13.1 Å². The van der Waals surface area contributed by atoms with Crippen LogP contribution in [0.3, 0.4) is 0 Å². The van der Waals surface area contributed by atoms with E-state index in [0.717, 1.165) is 30.7 Å². The van der Waals surface area contributed by atoms with Gasteiger partial charge in [-0.25, -0.2) is 0 Å². The molecule has 10 heteroatoms. The van der Waals surface area contributed by atoms with Crippen molar-refractivity contribution in [2.45, 2.75) is 13.1 Å². The van der Waals surface area contributed by atoms with Gasteiger partial charge in [0.05, 0.1) is 5.52 Å². The molecular weight excluding hydrogens is 563 g/mol. The zero-order chi connectivity index (χ0) is 27.6. The zero-order valence-corrected chi connectivity index (χ0v) is 25.0. The maximum Gasteiger partial charge on any atom is 0.169 e. The number of nitrogens with zero attached hydrogens (tertiary/aromatic N) is 5. The molecule has 0 radical (unpaired) electrons. The van der Waals surface area contributed by atoms with Crippen molar-refractivity contribution in [3.8, 4) is 0 Å². The Morgan fingerprint density at radius 2 is 1.38 bits per heavy atom. The van der Waals surface area contributed by atoms with Gasteiger partial charge in [-0.15, -0.1) is 0 Å². The minimum absolute atomic E-state index is 0.0451. The Kier molecular flexibility index (Phi) is 10.8. The molecule has 3 heterocycles. The molecule has 4 rings (SSSR count). The number of para-hydroxylation sites is 1. The molecule has 0 atom stereocenters. The Morgan fingerprint density at radius 3 is 1.92 bits per heavy atom. The SMILES string of the molecule is CN(Cc1cccnc1)C(=S)SCC(CSC(=S)N(C)Cc1cccnc1)C(=O)c1cnc2ccccc2c1. The topological polar surface area (TPSA) is 62.2 Å². The predicted octanol–water partition coefficient (Wildman–Crippen LogP) is 6.12. The fourth-order valence-electron chi connectivity index (χ4n) is 3.87. The smallest absolute Gasteiger partial charge is 0.169 e. The van der Waals surface area contributed by atoms with Crippen LogP contribution in [0.15, 0.2) is 85.6 Å². The minimum atomic E-state index is -0.294. The summed E-state index contributed by atoms with van der Waals surface area (Å²) in [5.41, 5.74) is 3.63. The first kappa shape index (κ1) is 29.1. The third-order valence-corrected chi connectivity index (χ3v) is 9.56. The van der Waals surface area contributed by atoms with Gasteiger partial charge in [-0.1, -0.05) is 78.3 Å². The second-order valence-corrected chi connectivity index (χ2v) is 12.4. The summed E-state index contributed by atoms with van der Waals surface area (Å²) in [4.78, 5) is 30.6. The fraction of sp³-hybridized carbons (Fsp3) is 0.241. The zero-order valence-electron chi connectivity index (χ0n) is 21.8. The molecule has 0 spiro atoms. The van der Waals surface area contributed by atoms with Gasteiger partial charge >= 0.3 is 0 Å². The number of fused-ring (bicyclic) bond motifs is 1. The number of thioether (sulfide) groups is 2. The quantitative estimate of drug-likeness (QED) is 0.159. The van der Waals surface area contributed by atoms with Crippen molar-refractivity contribution < 1.29 is 4.79 Å². The van der Waals surface area contributed by atoms with E-state index in [9.17, 15) is 4.79 Å². The van der Waals surface area contributed by atoms with Crippen molar-refractivity contribution in [1.82, 2.24) is 24.8 Å². The van der Waals surface area contributed by atoms with Gasteiger partial charge < -0.3 is 9.80 Å². The molecule has 6 nitrogen and oxygen atoms in total. The second-order valence-electron chi connectivity index (χ2n) is 9.07. The Bertz CT molecular complexity index is 1360. The highest BCUT2D eigenvalue weighted by molar-refractivity contribution is 8.23. The van der Waals surface area contributed by atoms with Gasteiger partial charge in [0.15, 0.2) is 5.78 Å². The summed E-state index contributed by atoms with van der Waals surface area (Å²) in [7, 11) is 3.92. The van der Waals surface area contributed by atoms with Crippen molar-refractivity contribution >= 4 is 73.3 Å². The van der Waals surface area contributed by atoms with E-state index in [0.29, 0.717) is 30.2 Å². The van der Waals surface area contributed by atoms with Crippen LogP contribution in [0.1, 0.15) is 21.5 Å². The number of hydrogen-bond donors (Lipinski definition) is 0. The maximum absolute atomic E-state index is 13.7. The average molecular weight is 592 g/mol. The number of aromatic nitrogens is 3. The fourth-order valence-corrected chi connectivity index (χ4v) is 6.35. The van der Waals surface area contributed by atoms with Crippen molar-refractivity contribution in [2.24, 2.45) is 5.92 Å². The van der Waals surface area contributed by atoms with E-state index < -0.39 is 0 Å². The van der Waals surface area contributed by atoms with E-state index in [1.165, 1.54) is 23.5 Å². The lowest BCUT2D eigenvalue weighted by Crippen LogP contribution is -2.27. The van der Waals surface area contributed by atoms with Gasteiger partial charge in [0.25, 0.3) is 0 Å². The Morgan fingerprint density at radius 1 is 0.821 bits per heavy atom. The van der Waals surface area contributed by atoms with Gasteiger partial charge in [-0.2, -0.15) is 0 Å². The molecule has 0 bridgehead atoms. The highest BCUT2D eigenvalue weighted by Gasteiger charge is 2.24. The third-order valence-electron chi connectivity index (χ3n) is 5.97. The number of thiocarbonyl (C=S) groups is 2. The van der Waals surface area contributed by atoms with Crippen LogP contribution in [-0.4, -0.2) is 64.8 Å². The third kappa shape index (κ3) is 8.53. The van der Waals surface area contributed by atoms with Crippen LogP contribution in [0.25, 0.3) is 10.9 Å². The Labute approximate surface area is 248 Å². The summed E-state index contributed by atoms with van der Waals surface area (Å²) < 4.78 is 1.46. The highest BCUT2D eigenvalue weighted by Crippen LogP contribution is 2.25. The van der Waals surface area contributed by atoms with Crippen LogP contribution >= 0.6 is 48.0 Å². The number of carbonyl (C=O) groups excluding carboxylic acids is 1. The molecule has 0 unspecified atom stereocenters. The first-order chi connectivity index (χ1) is 18.9. The van der Waals surface area contributed by atoms with Crippen LogP contribution < -0.4 is 0 Å². The number of benzene rings is 1. The van der Waals surface area contributed by atoms with E-state index in [1.54, 1.807) is 18.6 Å². The summed E-state index contributed by atoms with van der Waals surface area (Å²) in [6.07, 6.45) is 8.85.